The third-order valence-electron chi connectivity index (χ3n) is 5.85. The normalized spacial score (nSPS) is 23.4. The number of rotatable bonds is 4. The third kappa shape index (κ3) is 5.34. The van der Waals surface area contributed by atoms with E-state index in [4.69, 9.17) is 15.6 Å². The molecule has 2 heterocycles. The van der Waals surface area contributed by atoms with E-state index in [0.29, 0.717) is 35.8 Å². The molecule has 1 unspecified atom stereocenters. The molecule has 1 saturated heterocycles. The Morgan fingerprint density at radius 1 is 1.21 bits per heavy atom. The van der Waals surface area contributed by atoms with Crippen LogP contribution in [0, 0.1) is 21.6 Å². The van der Waals surface area contributed by atoms with E-state index in [1.54, 1.807) is 25.3 Å². The van der Waals surface area contributed by atoms with Crippen molar-refractivity contribution in [3.63, 3.8) is 0 Å². The molecule has 29 heavy (non-hydrogen) atoms. The fourth-order valence-electron chi connectivity index (χ4n) is 3.66. The van der Waals surface area contributed by atoms with Gasteiger partial charge in [0.05, 0.1) is 5.56 Å². The molecule has 1 aromatic heterocycles. The van der Waals surface area contributed by atoms with Gasteiger partial charge in [-0.25, -0.2) is 4.98 Å². The van der Waals surface area contributed by atoms with Gasteiger partial charge in [-0.3, -0.25) is 15.6 Å². The van der Waals surface area contributed by atoms with E-state index in [1.165, 1.54) is 0 Å². The average molecular weight is 402 g/mol. The second kappa shape index (κ2) is 9.37. The maximum Gasteiger partial charge on any atom is 0.235 e. The van der Waals surface area contributed by atoms with E-state index < -0.39 is 5.41 Å². The topological polar surface area (TPSA) is 111 Å². The molecule has 1 aliphatic carbocycles. The quantitative estimate of drug-likeness (QED) is 0.444. The van der Waals surface area contributed by atoms with Crippen molar-refractivity contribution in [3.05, 3.63) is 23.9 Å². The Labute approximate surface area is 174 Å². The summed E-state index contributed by atoms with van der Waals surface area (Å²) in [5, 5.41) is 22.7. The summed E-state index contributed by atoms with van der Waals surface area (Å²) >= 11 is 0. The molecule has 160 valence electrons. The minimum Gasteiger partial charge on any atom is -0.424 e. The van der Waals surface area contributed by atoms with Gasteiger partial charge in [0.15, 0.2) is 0 Å². The standard InChI is InChI=1S/C20H29N5O2.C2H6/c1-19(2)8-6-13(7-9-19)25-16-14(5-4-11-23-16)15(21)27-17(22)20(3)10-12-24-18(20)26;1-2/h4-5,11,13,21-22H,6-10,12H2,1-3H3,(H,23,25)(H,24,26);1-2H3. The maximum absolute atomic E-state index is 12.0. The molecule has 0 spiro atoms. The van der Waals surface area contributed by atoms with Crippen LogP contribution in [0.25, 0.3) is 0 Å². The number of nitrogens with one attached hydrogen (secondary N) is 4. The molecule has 1 amide bonds. The summed E-state index contributed by atoms with van der Waals surface area (Å²) in [4.78, 5) is 16.4. The predicted octanol–water partition coefficient (Wildman–Crippen LogP) is 4.33. The molecule has 0 aromatic carbocycles. The number of carbonyl (C=O) groups excluding carboxylic acids is 1. The lowest BCUT2D eigenvalue weighted by Crippen LogP contribution is -2.38. The molecule has 1 atom stereocenters. The van der Waals surface area contributed by atoms with E-state index in [0.717, 1.165) is 25.7 Å². The smallest absolute Gasteiger partial charge is 0.235 e. The van der Waals surface area contributed by atoms with Gasteiger partial charge in [-0.15, -0.1) is 0 Å². The number of hydrogen-bond donors (Lipinski definition) is 4. The van der Waals surface area contributed by atoms with Crippen molar-refractivity contribution in [2.24, 2.45) is 10.8 Å². The molecule has 7 nitrogen and oxygen atoms in total. The molecule has 1 saturated carbocycles. The zero-order valence-corrected chi connectivity index (χ0v) is 18.3. The number of pyridine rings is 1. The lowest BCUT2D eigenvalue weighted by molar-refractivity contribution is -0.124. The number of anilines is 1. The van der Waals surface area contributed by atoms with Gasteiger partial charge in [0.25, 0.3) is 0 Å². The first kappa shape index (κ1) is 22.8. The van der Waals surface area contributed by atoms with Gasteiger partial charge in [-0.2, -0.15) is 0 Å². The van der Waals surface area contributed by atoms with Crippen molar-refractivity contribution in [2.75, 3.05) is 11.9 Å². The lowest BCUT2D eigenvalue weighted by atomic mass is 9.75. The highest BCUT2D eigenvalue weighted by molar-refractivity contribution is 6.11. The van der Waals surface area contributed by atoms with E-state index in [2.05, 4.69) is 29.5 Å². The van der Waals surface area contributed by atoms with Crippen molar-refractivity contribution < 1.29 is 9.53 Å². The minimum absolute atomic E-state index is 0.160. The second-order valence-electron chi connectivity index (χ2n) is 8.58. The molecular weight excluding hydrogens is 366 g/mol. The highest BCUT2D eigenvalue weighted by Gasteiger charge is 2.44. The van der Waals surface area contributed by atoms with Crippen LogP contribution < -0.4 is 10.6 Å². The summed E-state index contributed by atoms with van der Waals surface area (Å²) in [5.74, 6) is 0.0140. The van der Waals surface area contributed by atoms with Gasteiger partial charge in [-0.05, 0) is 56.6 Å². The van der Waals surface area contributed by atoms with Crippen molar-refractivity contribution in [1.29, 1.82) is 10.8 Å². The Bertz CT molecular complexity index is 751. The summed E-state index contributed by atoms with van der Waals surface area (Å²) < 4.78 is 5.48. The highest BCUT2D eigenvalue weighted by atomic mass is 16.5. The molecule has 3 rings (SSSR count). The molecule has 0 radical (unpaired) electrons. The third-order valence-corrected chi connectivity index (χ3v) is 5.85. The van der Waals surface area contributed by atoms with Gasteiger partial charge in [0.1, 0.15) is 11.2 Å². The van der Waals surface area contributed by atoms with Crippen LogP contribution in [0.15, 0.2) is 18.3 Å². The number of nitrogens with zero attached hydrogens (tertiary/aromatic N) is 1. The Morgan fingerprint density at radius 3 is 2.45 bits per heavy atom. The SMILES string of the molecule is CC.CC1(C)CCC(Nc2ncccc2C(=N)OC(=N)C2(C)CCNC2=O)CC1. The summed E-state index contributed by atoms with van der Waals surface area (Å²) in [5.41, 5.74) is -0.126. The zero-order chi connectivity index (χ0) is 21.7. The van der Waals surface area contributed by atoms with Gasteiger partial charge in [0, 0.05) is 18.8 Å². The number of carbonyl (C=O) groups is 1. The molecule has 0 bridgehead atoms. The van der Waals surface area contributed by atoms with Crippen molar-refractivity contribution in [1.82, 2.24) is 10.3 Å². The molecule has 2 fully saturated rings. The van der Waals surface area contributed by atoms with E-state index >= 15 is 0 Å². The van der Waals surface area contributed by atoms with Crippen molar-refractivity contribution in [2.45, 2.75) is 72.8 Å². The van der Waals surface area contributed by atoms with E-state index in [9.17, 15) is 4.79 Å². The van der Waals surface area contributed by atoms with Crippen LogP contribution in [0.3, 0.4) is 0 Å². The summed E-state index contributed by atoms with van der Waals surface area (Å²) in [6.45, 7) is 10.8. The van der Waals surface area contributed by atoms with Crippen LogP contribution in [0.1, 0.15) is 72.3 Å². The molecule has 4 N–H and O–H groups in total. The largest absolute Gasteiger partial charge is 0.424 e. The molecule has 7 heteroatoms. The van der Waals surface area contributed by atoms with Crippen LogP contribution in [0.5, 0.6) is 0 Å². The predicted molar refractivity (Wildman–Crippen MR) is 117 cm³/mol. The van der Waals surface area contributed by atoms with Gasteiger partial charge < -0.3 is 15.4 Å². The number of hydrogen-bond acceptors (Lipinski definition) is 6. The Hall–Kier alpha value is -2.44. The van der Waals surface area contributed by atoms with Gasteiger partial charge in [0.2, 0.25) is 17.7 Å². The van der Waals surface area contributed by atoms with Crippen LogP contribution in [0.4, 0.5) is 5.82 Å². The lowest BCUT2D eigenvalue weighted by Gasteiger charge is -2.35. The maximum atomic E-state index is 12.0. The molecule has 2 aliphatic rings. The Balaban J connectivity index is 0.00000145. The van der Waals surface area contributed by atoms with Crippen molar-refractivity contribution in [3.8, 4) is 0 Å². The van der Waals surface area contributed by atoms with Gasteiger partial charge in [-0.1, -0.05) is 27.7 Å². The van der Waals surface area contributed by atoms with Gasteiger partial charge >= 0.3 is 0 Å². The van der Waals surface area contributed by atoms with E-state index in [1.807, 2.05) is 13.8 Å². The fraction of sp³-hybridized carbons (Fsp3) is 0.636. The first-order valence-corrected chi connectivity index (χ1v) is 10.6. The van der Waals surface area contributed by atoms with Crippen LogP contribution >= 0.6 is 0 Å². The zero-order valence-electron chi connectivity index (χ0n) is 18.3. The van der Waals surface area contributed by atoms with Crippen molar-refractivity contribution >= 4 is 23.5 Å². The number of aromatic nitrogens is 1. The first-order valence-electron chi connectivity index (χ1n) is 10.6. The molecular formula is C22H35N5O2. The monoisotopic (exact) mass is 401 g/mol. The Morgan fingerprint density at radius 2 is 1.86 bits per heavy atom. The molecule has 1 aliphatic heterocycles. The minimum atomic E-state index is -1.02. The average Bonchev–Trinajstić information content (AvgIpc) is 3.05. The summed E-state index contributed by atoms with van der Waals surface area (Å²) in [6, 6.07) is 3.82. The highest BCUT2D eigenvalue weighted by Crippen LogP contribution is 2.36. The number of amides is 1. The summed E-state index contributed by atoms with van der Waals surface area (Å²) in [6.07, 6.45) is 6.60. The second-order valence-corrected chi connectivity index (χ2v) is 8.58. The van der Waals surface area contributed by atoms with Crippen LogP contribution in [-0.2, 0) is 9.53 Å². The Kier molecular flexibility index (Phi) is 7.38. The van der Waals surface area contributed by atoms with Crippen LogP contribution in [-0.4, -0.2) is 35.3 Å². The summed E-state index contributed by atoms with van der Waals surface area (Å²) in [7, 11) is 0. The fourth-order valence-corrected chi connectivity index (χ4v) is 3.66. The van der Waals surface area contributed by atoms with Crippen LogP contribution in [0.2, 0.25) is 0 Å². The van der Waals surface area contributed by atoms with E-state index in [-0.39, 0.29) is 17.7 Å². The number of ether oxygens (including phenoxy) is 1. The molecule has 1 aromatic rings. The first-order chi connectivity index (χ1) is 13.7.